The molecule has 2 aliphatic heterocycles. The van der Waals surface area contributed by atoms with Gasteiger partial charge in [-0.25, -0.2) is 9.97 Å². The van der Waals surface area contributed by atoms with Gasteiger partial charge in [-0.3, -0.25) is 4.79 Å². The Labute approximate surface area is 156 Å². The maximum Gasteiger partial charge on any atom is 0.226 e. The molecule has 3 aliphatic rings. The lowest BCUT2D eigenvalue weighted by Gasteiger charge is -2.41. The highest BCUT2D eigenvalue weighted by Gasteiger charge is 2.38. The standard InChI is InChI=1S/C20H31N5O/c1-15-12-19(22-14-21-15)25(17-5-6-17)18-7-10-24(11-8-18)20(26)16-4-3-9-23(2)13-16/h12,14,16-18H,3-11,13H2,1-2H3. The molecule has 3 fully saturated rings. The average molecular weight is 358 g/mol. The average Bonchev–Trinajstić information content (AvgIpc) is 3.47. The molecule has 0 radical (unpaired) electrons. The van der Waals surface area contributed by atoms with E-state index in [1.165, 1.54) is 12.8 Å². The molecule has 0 bridgehead atoms. The fourth-order valence-corrected chi connectivity index (χ4v) is 4.60. The van der Waals surface area contributed by atoms with Crippen LogP contribution in [0.4, 0.5) is 5.82 Å². The predicted molar refractivity (Wildman–Crippen MR) is 102 cm³/mol. The largest absolute Gasteiger partial charge is 0.350 e. The summed E-state index contributed by atoms with van der Waals surface area (Å²) < 4.78 is 0. The number of hydrogen-bond acceptors (Lipinski definition) is 5. The molecule has 3 heterocycles. The smallest absolute Gasteiger partial charge is 0.226 e. The van der Waals surface area contributed by atoms with Crippen molar-refractivity contribution in [2.24, 2.45) is 5.92 Å². The number of nitrogens with zero attached hydrogens (tertiary/aromatic N) is 5. The Morgan fingerprint density at radius 3 is 2.46 bits per heavy atom. The van der Waals surface area contributed by atoms with E-state index >= 15 is 0 Å². The summed E-state index contributed by atoms with van der Waals surface area (Å²) in [5.41, 5.74) is 1.02. The summed E-state index contributed by atoms with van der Waals surface area (Å²) in [5.74, 6) is 1.65. The second-order valence-electron chi connectivity index (χ2n) is 8.31. The number of carbonyl (C=O) groups excluding carboxylic acids is 1. The molecule has 0 aromatic carbocycles. The fraction of sp³-hybridized carbons (Fsp3) is 0.750. The molecular formula is C20H31N5O. The number of likely N-dealkylation sites (tertiary alicyclic amines) is 2. The van der Waals surface area contributed by atoms with E-state index in [1.54, 1.807) is 6.33 Å². The van der Waals surface area contributed by atoms with Gasteiger partial charge in [-0.05, 0) is 59.0 Å². The van der Waals surface area contributed by atoms with Gasteiger partial charge in [0.25, 0.3) is 0 Å². The molecule has 1 aromatic heterocycles. The highest BCUT2D eigenvalue weighted by molar-refractivity contribution is 5.79. The van der Waals surface area contributed by atoms with Crippen LogP contribution in [-0.4, -0.2) is 71.0 Å². The van der Waals surface area contributed by atoms with Gasteiger partial charge in [0.2, 0.25) is 5.91 Å². The van der Waals surface area contributed by atoms with Gasteiger partial charge in [0.05, 0.1) is 5.92 Å². The Kier molecular flexibility index (Phi) is 5.11. The molecule has 1 unspecified atom stereocenters. The molecule has 26 heavy (non-hydrogen) atoms. The first-order chi connectivity index (χ1) is 12.6. The van der Waals surface area contributed by atoms with Gasteiger partial charge in [-0.15, -0.1) is 0 Å². The fourth-order valence-electron chi connectivity index (χ4n) is 4.60. The van der Waals surface area contributed by atoms with Gasteiger partial charge in [-0.1, -0.05) is 0 Å². The monoisotopic (exact) mass is 357 g/mol. The van der Waals surface area contributed by atoms with Crippen LogP contribution in [0.2, 0.25) is 0 Å². The number of piperidine rings is 2. The van der Waals surface area contributed by atoms with Crippen LogP contribution in [0.5, 0.6) is 0 Å². The first-order valence-corrected chi connectivity index (χ1v) is 10.2. The van der Waals surface area contributed by atoms with Crippen molar-refractivity contribution in [1.82, 2.24) is 19.8 Å². The summed E-state index contributed by atoms with van der Waals surface area (Å²) in [4.78, 5) is 28.6. The van der Waals surface area contributed by atoms with Crippen molar-refractivity contribution >= 4 is 11.7 Å². The molecule has 0 N–H and O–H groups in total. The van der Waals surface area contributed by atoms with Gasteiger partial charge < -0.3 is 14.7 Å². The minimum absolute atomic E-state index is 0.203. The first-order valence-electron chi connectivity index (χ1n) is 10.2. The van der Waals surface area contributed by atoms with Crippen LogP contribution in [0.1, 0.15) is 44.2 Å². The van der Waals surface area contributed by atoms with Crippen LogP contribution >= 0.6 is 0 Å². The summed E-state index contributed by atoms with van der Waals surface area (Å²) in [5, 5.41) is 0. The molecule has 142 valence electrons. The second-order valence-corrected chi connectivity index (χ2v) is 8.31. The van der Waals surface area contributed by atoms with E-state index in [0.29, 0.717) is 18.0 Å². The van der Waals surface area contributed by atoms with Crippen molar-refractivity contribution < 1.29 is 4.79 Å². The van der Waals surface area contributed by atoms with Crippen molar-refractivity contribution in [2.45, 2.75) is 57.5 Å². The van der Waals surface area contributed by atoms with Crippen molar-refractivity contribution in [3.8, 4) is 0 Å². The van der Waals surface area contributed by atoms with Crippen LogP contribution < -0.4 is 4.90 Å². The molecule has 2 saturated heterocycles. The molecule has 6 nitrogen and oxygen atoms in total. The topological polar surface area (TPSA) is 52.6 Å². The summed E-state index contributed by atoms with van der Waals surface area (Å²) in [6, 6.07) is 3.23. The molecule has 0 spiro atoms. The summed E-state index contributed by atoms with van der Waals surface area (Å²) in [7, 11) is 2.13. The minimum Gasteiger partial charge on any atom is -0.350 e. The molecule has 1 saturated carbocycles. The molecular weight excluding hydrogens is 326 g/mol. The van der Waals surface area contributed by atoms with E-state index in [0.717, 1.165) is 63.4 Å². The normalized spacial score (nSPS) is 25.3. The third kappa shape index (κ3) is 3.85. The molecule has 6 heteroatoms. The zero-order valence-electron chi connectivity index (χ0n) is 16.1. The van der Waals surface area contributed by atoms with E-state index in [2.05, 4.69) is 37.8 Å². The first kappa shape index (κ1) is 17.7. The molecule has 4 rings (SSSR count). The second kappa shape index (κ2) is 7.51. The Hall–Kier alpha value is -1.69. The lowest BCUT2D eigenvalue weighted by molar-refractivity contribution is -0.138. The number of aryl methyl sites for hydroxylation is 1. The minimum atomic E-state index is 0.203. The Morgan fingerprint density at radius 2 is 1.81 bits per heavy atom. The molecule has 1 atom stereocenters. The van der Waals surface area contributed by atoms with E-state index in [9.17, 15) is 4.79 Å². The number of carbonyl (C=O) groups is 1. The third-order valence-corrected chi connectivity index (χ3v) is 6.14. The number of anilines is 1. The van der Waals surface area contributed by atoms with Crippen molar-refractivity contribution in [2.75, 3.05) is 38.1 Å². The van der Waals surface area contributed by atoms with Crippen LogP contribution in [0.3, 0.4) is 0 Å². The van der Waals surface area contributed by atoms with Gasteiger partial charge >= 0.3 is 0 Å². The number of hydrogen-bond donors (Lipinski definition) is 0. The van der Waals surface area contributed by atoms with Crippen LogP contribution in [0, 0.1) is 12.8 Å². The lowest BCUT2D eigenvalue weighted by Crippen LogP contribution is -2.51. The van der Waals surface area contributed by atoms with E-state index in [4.69, 9.17) is 0 Å². The van der Waals surface area contributed by atoms with Crippen molar-refractivity contribution in [1.29, 1.82) is 0 Å². The Bertz CT molecular complexity index is 639. The maximum atomic E-state index is 12.9. The molecule has 1 aromatic rings. The lowest BCUT2D eigenvalue weighted by atomic mass is 9.95. The quantitative estimate of drug-likeness (QED) is 0.826. The summed E-state index contributed by atoms with van der Waals surface area (Å²) >= 11 is 0. The number of aromatic nitrogens is 2. The SMILES string of the molecule is Cc1cc(N(C2CC2)C2CCN(C(=O)C3CCCN(C)C3)CC2)ncn1. The van der Waals surface area contributed by atoms with E-state index in [-0.39, 0.29) is 5.92 Å². The van der Waals surface area contributed by atoms with Gasteiger partial charge in [0, 0.05) is 43.5 Å². The highest BCUT2D eigenvalue weighted by Crippen LogP contribution is 2.35. The van der Waals surface area contributed by atoms with Crippen LogP contribution in [0.15, 0.2) is 12.4 Å². The predicted octanol–water partition coefficient (Wildman–Crippen LogP) is 2.09. The van der Waals surface area contributed by atoms with Crippen LogP contribution in [0.25, 0.3) is 0 Å². The maximum absolute atomic E-state index is 12.9. The van der Waals surface area contributed by atoms with E-state index in [1.807, 2.05) is 6.92 Å². The van der Waals surface area contributed by atoms with Crippen molar-refractivity contribution in [3.63, 3.8) is 0 Å². The number of amides is 1. The molecule has 1 aliphatic carbocycles. The van der Waals surface area contributed by atoms with E-state index < -0.39 is 0 Å². The zero-order chi connectivity index (χ0) is 18.1. The van der Waals surface area contributed by atoms with Gasteiger partial charge in [-0.2, -0.15) is 0 Å². The number of rotatable bonds is 4. The molecule has 1 amide bonds. The van der Waals surface area contributed by atoms with Crippen molar-refractivity contribution in [3.05, 3.63) is 18.1 Å². The summed E-state index contributed by atoms with van der Waals surface area (Å²) in [6.07, 6.45) is 8.50. The Morgan fingerprint density at radius 1 is 1.08 bits per heavy atom. The highest BCUT2D eigenvalue weighted by atomic mass is 16.2. The zero-order valence-corrected chi connectivity index (χ0v) is 16.1. The van der Waals surface area contributed by atoms with Gasteiger partial charge in [0.15, 0.2) is 0 Å². The van der Waals surface area contributed by atoms with Crippen LogP contribution in [-0.2, 0) is 4.79 Å². The third-order valence-electron chi connectivity index (χ3n) is 6.14. The van der Waals surface area contributed by atoms with Gasteiger partial charge in [0.1, 0.15) is 12.1 Å². The summed E-state index contributed by atoms with van der Waals surface area (Å²) in [6.45, 7) is 5.85. The Balaban J connectivity index is 1.38.